The van der Waals surface area contributed by atoms with E-state index in [9.17, 15) is 13.2 Å². The number of rotatable bonds is 4. The first-order chi connectivity index (χ1) is 16.3. The number of carbonyl (C=O) groups is 1. The Morgan fingerprint density at radius 3 is 2.21 bits per heavy atom. The van der Waals surface area contributed by atoms with Crippen molar-refractivity contribution < 1.29 is 17.9 Å². The minimum absolute atomic E-state index is 0.195. The molecule has 0 unspecified atom stereocenters. The van der Waals surface area contributed by atoms with Crippen LogP contribution in [-0.2, 0) is 19.4 Å². The Labute approximate surface area is 202 Å². The number of fused-ring (bicyclic) bond motifs is 1. The fourth-order valence-corrected chi connectivity index (χ4v) is 4.97. The van der Waals surface area contributed by atoms with E-state index in [1.165, 1.54) is 12.1 Å². The molecule has 0 atom stereocenters. The van der Waals surface area contributed by atoms with Crippen LogP contribution < -0.4 is 0 Å². The van der Waals surface area contributed by atoms with Gasteiger partial charge in [0.25, 0.3) is 0 Å². The molecule has 6 heteroatoms. The number of carbonyl (C=O) groups excluding carboxylic acids is 1. The number of cyclic esters (lactones) is 1. The Hall–Kier alpha value is -3.67. The van der Waals surface area contributed by atoms with E-state index >= 15 is 0 Å². The molecule has 1 aliphatic rings. The summed E-state index contributed by atoms with van der Waals surface area (Å²) in [5.74, 6) is -0.134. The highest BCUT2D eigenvalue weighted by atomic mass is 35.5. The molecule has 4 aromatic rings. The number of allylic oxidation sites excluding steroid dienone is 1. The summed E-state index contributed by atoms with van der Waals surface area (Å²) in [6, 6.07) is 27.4. The van der Waals surface area contributed by atoms with Crippen LogP contribution in [0.25, 0.3) is 28.0 Å². The van der Waals surface area contributed by atoms with Crippen LogP contribution in [0.4, 0.5) is 0 Å². The van der Waals surface area contributed by atoms with Crippen molar-refractivity contribution >= 4 is 55.4 Å². The number of hydrogen-bond acceptors (Lipinski definition) is 4. The highest BCUT2D eigenvalue weighted by molar-refractivity contribution is 7.90. The summed E-state index contributed by atoms with van der Waals surface area (Å²) in [7, 11) is -3.36. The summed E-state index contributed by atoms with van der Waals surface area (Å²) < 4.78 is 29.7. The predicted octanol–water partition coefficient (Wildman–Crippen LogP) is 6.41. The lowest BCUT2D eigenvalue weighted by atomic mass is 9.94. The Morgan fingerprint density at radius 2 is 1.47 bits per heavy atom. The zero-order valence-corrected chi connectivity index (χ0v) is 19.7. The van der Waals surface area contributed by atoms with Crippen LogP contribution >= 0.6 is 11.6 Å². The Bertz CT molecular complexity index is 1610. The SMILES string of the molecule is CS(=O)(=O)c1ccc(C2=C(c3ccccc3Cl)C(=O)O/C2=C\c2cccc3ccccc23)cc1. The van der Waals surface area contributed by atoms with Gasteiger partial charge >= 0.3 is 5.97 Å². The summed E-state index contributed by atoms with van der Waals surface area (Å²) in [6.07, 6.45) is 2.99. The van der Waals surface area contributed by atoms with Crippen LogP contribution in [0.15, 0.2) is 102 Å². The first kappa shape index (κ1) is 22.1. The van der Waals surface area contributed by atoms with Crippen molar-refractivity contribution in [3.05, 3.63) is 118 Å². The van der Waals surface area contributed by atoms with Gasteiger partial charge in [0.15, 0.2) is 9.84 Å². The molecular formula is C28H19ClO4S. The Kier molecular flexibility index (Phi) is 5.60. The first-order valence-corrected chi connectivity index (χ1v) is 12.8. The van der Waals surface area contributed by atoms with Gasteiger partial charge in [-0.25, -0.2) is 13.2 Å². The highest BCUT2D eigenvalue weighted by Gasteiger charge is 2.33. The van der Waals surface area contributed by atoms with Gasteiger partial charge in [0.2, 0.25) is 0 Å². The van der Waals surface area contributed by atoms with E-state index in [2.05, 4.69) is 0 Å². The van der Waals surface area contributed by atoms with Gasteiger partial charge in [0.1, 0.15) is 5.76 Å². The summed E-state index contributed by atoms with van der Waals surface area (Å²) in [4.78, 5) is 13.3. The van der Waals surface area contributed by atoms with Crippen molar-refractivity contribution in [2.45, 2.75) is 4.90 Å². The standard InChI is InChI=1S/C28H19ClO4S/c1-34(31,32)21-15-13-19(14-16-21)26-25(17-20-9-6-8-18-7-2-3-10-22(18)20)33-28(30)27(26)23-11-4-5-12-24(23)29/h2-17H,1H3/b25-17-. The lowest BCUT2D eigenvalue weighted by Gasteiger charge is -2.09. The molecule has 168 valence electrons. The number of ether oxygens (including phenoxy) is 1. The minimum Gasteiger partial charge on any atom is -0.422 e. The first-order valence-electron chi connectivity index (χ1n) is 10.5. The van der Waals surface area contributed by atoms with E-state index < -0.39 is 15.8 Å². The summed E-state index contributed by atoms with van der Waals surface area (Å²) in [5.41, 5.74) is 3.00. The van der Waals surface area contributed by atoms with E-state index in [1.54, 1.807) is 36.4 Å². The maximum atomic E-state index is 13.1. The van der Waals surface area contributed by atoms with Crippen LogP contribution in [-0.4, -0.2) is 20.6 Å². The zero-order chi connectivity index (χ0) is 23.9. The Balaban J connectivity index is 1.76. The van der Waals surface area contributed by atoms with Crippen LogP contribution in [0.2, 0.25) is 5.02 Å². The summed E-state index contributed by atoms with van der Waals surface area (Å²) in [5, 5.41) is 2.51. The van der Waals surface area contributed by atoms with Gasteiger partial charge in [-0.05, 0) is 46.2 Å². The van der Waals surface area contributed by atoms with Crippen molar-refractivity contribution in [2.75, 3.05) is 6.26 Å². The second-order valence-corrected chi connectivity index (χ2v) is 10.4. The third kappa shape index (κ3) is 4.04. The van der Waals surface area contributed by atoms with Gasteiger partial charge in [-0.3, -0.25) is 0 Å². The number of hydrogen-bond donors (Lipinski definition) is 0. The molecule has 0 amide bonds. The number of sulfone groups is 1. The van der Waals surface area contributed by atoms with Gasteiger partial charge in [0, 0.05) is 22.4 Å². The third-order valence-electron chi connectivity index (χ3n) is 5.73. The topological polar surface area (TPSA) is 60.4 Å². The maximum Gasteiger partial charge on any atom is 0.344 e. The summed E-state index contributed by atoms with van der Waals surface area (Å²) in [6.45, 7) is 0. The minimum atomic E-state index is -3.36. The molecule has 4 aromatic carbocycles. The van der Waals surface area contributed by atoms with Crippen molar-refractivity contribution in [3.8, 4) is 0 Å². The van der Waals surface area contributed by atoms with E-state index in [4.69, 9.17) is 16.3 Å². The smallest absolute Gasteiger partial charge is 0.344 e. The van der Waals surface area contributed by atoms with Crippen molar-refractivity contribution in [3.63, 3.8) is 0 Å². The quantitative estimate of drug-likeness (QED) is 0.313. The average molecular weight is 487 g/mol. The molecule has 0 N–H and O–H groups in total. The molecule has 34 heavy (non-hydrogen) atoms. The molecule has 0 aromatic heterocycles. The molecule has 0 radical (unpaired) electrons. The molecule has 0 spiro atoms. The van der Waals surface area contributed by atoms with E-state index in [0.29, 0.717) is 33.1 Å². The molecule has 4 nitrogen and oxygen atoms in total. The van der Waals surface area contributed by atoms with Gasteiger partial charge in [-0.1, -0.05) is 84.4 Å². The molecule has 0 bridgehead atoms. The van der Waals surface area contributed by atoms with Gasteiger partial charge < -0.3 is 4.74 Å². The normalized spacial score (nSPS) is 15.2. The number of halogens is 1. The van der Waals surface area contributed by atoms with E-state index in [-0.39, 0.29) is 4.90 Å². The number of esters is 1. The maximum absolute atomic E-state index is 13.1. The summed E-state index contributed by atoms with van der Waals surface area (Å²) >= 11 is 6.45. The largest absolute Gasteiger partial charge is 0.422 e. The zero-order valence-electron chi connectivity index (χ0n) is 18.2. The molecular weight excluding hydrogens is 468 g/mol. The lowest BCUT2D eigenvalue weighted by molar-refractivity contribution is -0.131. The molecule has 0 fully saturated rings. The van der Waals surface area contributed by atoms with Gasteiger partial charge in [-0.15, -0.1) is 0 Å². The molecule has 5 rings (SSSR count). The molecule has 0 aliphatic carbocycles. The average Bonchev–Trinajstić information content (AvgIpc) is 3.14. The Morgan fingerprint density at radius 1 is 0.794 bits per heavy atom. The third-order valence-corrected chi connectivity index (χ3v) is 7.19. The van der Waals surface area contributed by atoms with Gasteiger partial charge in [0.05, 0.1) is 10.5 Å². The predicted molar refractivity (Wildman–Crippen MR) is 136 cm³/mol. The molecule has 1 heterocycles. The van der Waals surface area contributed by atoms with Crippen molar-refractivity contribution in [2.24, 2.45) is 0 Å². The van der Waals surface area contributed by atoms with Crippen molar-refractivity contribution in [1.29, 1.82) is 0 Å². The van der Waals surface area contributed by atoms with Crippen LogP contribution in [0, 0.1) is 0 Å². The molecule has 1 aliphatic heterocycles. The lowest BCUT2D eigenvalue weighted by Crippen LogP contribution is -1.99. The molecule has 0 saturated carbocycles. The second-order valence-electron chi connectivity index (χ2n) is 7.99. The fraction of sp³-hybridized carbons (Fsp3) is 0.0357. The van der Waals surface area contributed by atoms with E-state index in [1.807, 2.05) is 48.5 Å². The molecule has 0 saturated heterocycles. The second kappa shape index (κ2) is 8.60. The monoisotopic (exact) mass is 486 g/mol. The highest BCUT2D eigenvalue weighted by Crippen LogP contribution is 2.43. The van der Waals surface area contributed by atoms with Crippen LogP contribution in [0.3, 0.4) is 0 Å². The van der Waals surface area contributed by atoms with Crippen LogP contribution in [0.1, 0.15) is 16.7 Å². The number of benzene rings is 4. The van der Waals surface area contributed by atoms with Gasteiger partial charge in [-0.2, -0.15) is 0 Å². The fourth-order valence-electron chi connectivity index (χ4n) is 4.11. The van der Waals surface area contributed by atoms with Crippen molar-refractivity contribution in [1.82, 2.24) is 0 Å². The van der Waals surface area contributed by atoms with Crippen LogP contribution in [0.5, 0.6) is 0 Å². The van der Waals surface area contributed by atoms with E-state index in [0.717, 1.165) is 22.6 Å².